The zero-order chi connectivity index (χ0) is 16.0. The highest BCUT2D eigenvalue weighted by atomic mass is 19.4. The van der Waals surface area contributed by atoms with Crippen molar-refractivity contribution in [3.05, 3.63) is 29.8 Å². The van der Waals surface area contributed by atoms with E-state index in [-0.39, 0.29) is 18.3 Å². The van der Waals surface area contributed by atoms with Crippen molar-refractivity contribution >= 4 is 11.7 Å². The molecular formula is C14H19F3N2O2. The maximum atomic E-state index is 12.6. The van der Waals surface area contributed by atoms with Crippen molar-refractivity contribution in [2.45, 2.75) is 32.5 Å². The third-order valence-electron chi connectivity index (χ3n) is 2.88. The fourth-order valence-corrected chi connectivity index (χ4v) is 1.80. The van der Waals surface area contributed by atoms with E-state index in [9.17, 15) is 18.0 Å². The van der Waals surface area contributed by atoms with Crippen molar-refractivity contribution in [3.63, 3.8) is 0 Å². The van der Waals surface area contributed by atoms with Crippen molar-refractivity contribution in [1.82, 2.24) is 4.90 Å². The SMILES string of the molecule is CC(C)N(CCCO)C(=O)Nc1cccc(C(F)(F)F)c1. The minimum absolute atomic E-state index is 0.0555. The lowest BCUT2D eigenvalue weighted by molar-refractivity contribution is -0.137. The summed E-state index contributed by atoms with van der Waals surface area (Å²) < 4.78 is 37.8. The number of carbonyl (C=O) groups is 1. The predicted octanol–water partition coefficient (Wildman–Crippen LogP) is 3.33. The first-order valence-corrected chi connectivity index (χ1v) is 6.61. The van der Waals surface area contributed by atoms with E-state index in [1.54, 1.807) is 13.8 Å². The summed E-state index contributed by atoms with van der Waals surface area (Å²) in [6, 6.07) is 3.87. The summed E-state index contributed by atoms with van der Waals surface area (Å²) in [4.78, 5) is 13.5. The van der Waals surface area contributed by atoms with Crippen LogP contribution in [0.2, 0.25) is 0 Å². The molecule has 0 unspecified atom stereocenters. The standard InChI is InChI=1S/C14H19F3N2O2/c1-10(2)19(7-4-8-20)13(21)18-12-6-3-5-11(9-12)14(15,16)17/h3,5-6,9-10,20H,4,7-8H2,1-2H3,(H,18,21). The van der Waals surface area contributed by atoms with E-state index < -0.39 is 17.8 Å². The molecule has 0 atom stereocenters. The molecule has 1 aromatic carbocycles. The average molecular weight is 304 g/mol. The van der Waals surface area contributed by atoms with Gasteiger partial charge in [0.05, 0.1) is 5.56 Å². The molecule has 118 valence electrons. The normalized spacial score (nSPS) is 11.6. The number of aliphatic hydroxyl groups is 1. The third-order valence-corrected chi connectivity index (χ3v) is 2.88. The van der Waals surface area contributed by atoms with E-state index >= 15 is 0 Å². The lowest BCUT2D eigenvalue weighted by atomic mass is 10.2. The molecule has 1 aromatic rings. The molecule has 0 fully saturated rings. The zero-order valence-electron chi connectivity index (χ0n) is 11.9. The van der Waals surface area contributed by atoms with Gasteiger partial charge in [0.25, 0.3) is 0 Å². The number of halogens is 3. The number of carbonyl (C=O) groups excluding carboxylic acids is 1. The smallest absolute Gasteiger partial charge is 0.396 e. The molecule has 0 saturated heterocycles. The quantitative estimate of drug-likeness (QED) is 0.876. The molecule has 0 saturated carbocycles. The molecule has 2 amide bonds. The number of rotatable bonds is 5. The predicted molar refractivity (Wildman–Crippen MR) is 74.0 cm³/mol. The Morgan fingerprint density at radius 2 is 2.05 bits per heavy atom. The van der Waals surface area contributed by atoms with Crippen LogP contribution in [0.4, 0.5) is 23.7 Å². The first-order chi connectivity index (χ1) is 9.75. The fraction of sp³-hybridized carbons (Fsp3) is 0.500. The zero-order valence-corrected chi connectivity index (χ0v) is 11.9. The van der Waals surface area contributed by atoms with Gasteiger partial charge in [0.2, 0.25) is 0 Å². The molecule has 0 bridgehead atoms. The number of nitrogens with zero attached hydrogens (tertiary/aromatic N) is 1. The van der Waals surface area contributed by atoms with Crippen molar-refractivity contribution in [2.24, 2.45) is 0 Å². The van der Waals surface area contributed by atoms with Gasteiger partial charge >= 0.3 is 12.2 Å². The van der Waals surface area contributed by atoms with Gasteiger partial charge in [-0.3, -0.25) is 0 Å². The Hall–Kier alpha value is -1.76. The van der Waals surface area contributed by atoms with Gasteiger partial charge in [0.1, 0.15) is 0 Å². The number of anilines is 1. The number of hydrogen-bond acceptors (Lipinski definition) is 2. The largest absolute Gasteiger partial charge is 0.416 e. The van der Waals surface area contributed by atoms with Gasteiger partial charge < -0.3 is 15.3 Å². The van der Waals surface area contributed by atoms with Gasteiger partial charge in [-0.25, -0.2) is 4.79 Å². The molecule has 0 spiro atoms. The van der Waals surface area contributed by atoms with Crippen LogP contribution in [0.25, 0.3) is 0 Å². The Labute approximate surface area is 121 Å². The average Bonchev–Trinajstić information content (AvgIpc) is 2.38. The van der Waals surface area contributed by atoms with Crippen LogP contribution in [-0.4, -0.2) is 35.2 Å². The number of aliphatic hydroxyl groups excluding tert-OH is 1. The van der Waals surface area contributed by atoms with Gasteiger partial charge in [-0.05, 0) is 38.5 Å². The van der Waals surface area contributed by atoms with Crippen molar-refractivity contribution < 1.29 is 23.1 Å². The number of hydrogen-bond donors (Lipinski definition) is 2. The summed E-state index contributed by atoms with van der Waals surface area (Å²) in [6.07, 6.45) is -4.04. The summed E-state index contributed by atoms with van der Waals surface area (Å²) >= 11 is 0. The van der Waals surface area contributed by atoms with Gasteiger partial charge in [-0.1, -0.05) is 6.07 Å². The summed E-state index contributed by atoms with van der Waals surface area (Å²) in [5.41, 5.74) is -0.726. The molecule has 0 aromatic heterocycles. The summed E-state index contributed by atoms with van der Waals surface area (Å²) in [5.74, 6) is 0. The number of benzene rings is 1. The van der Waals surface area contributed by atoms with Crippen LogP contribution in [0.15, 0.2) is 24.3 Å². The highest BCUT2D eigenvalue weighted by Crippen LogP contribution is 2.30. The van der Waals surface area contributed by atoms with E-state index in [2.05, 4.69) is 5.32 Å². The summed E-state index contributed by atoms with van der Waals surface area (Å²) in [6.45, 7) is 3.87. The minimum Gasteiger partial charge on any atom is -0.396 e. The Morgan fingerprint density at radius 3 is 2.57 bits per heavy atom. The molecule has 4 nitrogen and oxygen atoms in total. The van der Waals surface area contributed by atoms with Gasteiger partial charge in [-0.2, -0.15) is 13.2 Å². The van der Waals surface area contributed by atoms with E-state index in [4.69, 9.17) is 5.11 Å². The first kappa shape index (κ1) is 17.3. The van der Waals surface area contributed by atoms with E-state index in [1.165, 1.54) is 17.0 Å². The molecule has 1 rings (SSSR count). The lowest BCUT2D eigenvalue weighted by Gasteiger charge is -2.26. The maximum Gasteiger partial charge on any atom is 0.416 e. The number of amides is 2. The van der Waals surface area contributed by atoms with Gasteiger partial charge in [0.15, 0.2) is 0 Å². The Bertz CT molecular complexity index is 476. The second kappa shape index (κ2) is 7.31. The summed E-state index contributed by atoms with van der Waals surface area (Å²) in [5, 5.41) is 11.3. The van der Waals surface area contributed by atoms with E-state index in [0.717, 1.165) is 12.1 Å². The Kier molecular flexibility index (Phi) is 6.02. The number of nitrogens with one attached hydrogen (secondary N) is 1. The first-order valence-electron chi connectivity index (χ1n) is 6.61. The molecule has 7 heteroatoms. The molecule has 0 aliphatic carbocycles. The van der Waals surface area contributed by atoms with Crippen molar-refractivity contribution in [1.29, 1.82) is 0 Å². The van der Waals surface area contributed by atoms with Crippen LogP contribution in [0.3, 0.4) is 0 Å². The Morgan fingerprint density at radius 1 is 1.38 bits per heavy atom. The maximum absolute atomic E-state index is 12.6. The van der Waals surface area contributed by atoms with Crippen LogP contribution in [0, 0.1) is 0 Å². The molecule has 21 heavy (non-hydrogen) atoms. The van der Waals surface area contributed by atoms with Crippen LogP contribution in [-0.2, 0) is 6.18 Å². The van der Waals surface area contributed by atoms with E-state index in [1.807, 2.05) is 0 Å². The molecule has 0 aliphatic rings. The second-order valence-corrected chi connectivity index (χ2v) is 4.87. The monoisotopic (exact) mass is 304 g/mol. The highest BCUT2D eigenvalue weighted by molar-refractivity contribution is 5.89. The van der Waals surface area contributed by atoms with Crippen LogP contribution in [0.5, 0.6) is 0 Å². The fourth-order valence-electron chi connectivity index (χ4n) is 1.80. The van der Waals surface area contributed by atoms with Crippen LogP contribution in [0.1, 0.15) is 25.8 Å². The summed E-state index contributed by atoms with van der Waals surface area (Å²) in [7, 11) is 0. The Balaban J connectivity index is 2.81. The minimum atomic E-state index is -4.45. The molecule has 0 heterocycles. The van der Waals surface area contributed by atoms with Gasteiger partial charge in [0, 0.05) is 24.9 Å². The second-order valence-electron chi connectivity index (χ2n) is 4.87. The van der Waals surface area contributed by atoms with Crippen LogP contribution >= 0.6 is 0 Å². The highest BCUT2D eigenvalue weighted by Gasteiger charge is 2.30. The van der Waals surface area contributed by atoms with Crippen molar-refractivity contribution in [3.8, 4) is 0 Å². The lowest BCUT2D eigenvalue weighted by Crippen LogP contribution is -2.41. The topological polar surface area (TPSA) is 52.6 Å². The third kappa shape index (κ3) is 5.26. The van der Waals surface area contributed by atoms with Gasteiger partial charge in [-0.15, -0.1) is 0 Å². The number of alkyl halides is 3. The number of urea groups is 1. The molecule has 2 N–H and O–H groups in total. The van der Waals surface area contributed by atoms with Crippen LogP contribution < -0.4 is 5.32 Å². The molecule has 0 aliphatic heterocycles. The van der Waals surface area contributed by atoms with E-state index in [0.29, 0.717) is 13.0 Å². The van der Waals surface area contributed by atoms with Crippen molar-refractivity contribution in [2.75, 3.05) is 18.5 Å². The molecule has 0 radical (unpaired) electrons. The molecular weight excluding hydrogens is 285 g/mol.